The lowest BCUT2D eigenvalue weighted by Gasteiger charge is -2.32. The van der Waals surface area contributed by atoms with Crippen LogP contribution in [0.2, 0.25) is 0 Å². The Morgan fingerprint density at radius 2 is 1.91 bits per heavy atom. The Hall–Kier alpha value is -2.49. The maximum Gasteiger partial charge on any atom is 0.255 e. The highest BCUT2D eigenvalue weighted by Crippen LogP contribution is 2.38. The van der Waals surface area contributed by atoms with Crippen molar-refractivity contribution >= 4 is 11.4 Å². The minimum absolute atomic E-state index is 0.0485. The Kier molecular flexibility index (Phi) is 3.32. The van der Waals surface area contributed by atoms with Crippen LogP contribution in [0.4, 0.5) is 5.69 Å². The number of rotatable bonds is 2. The van der Waals surface area contributed by atoms with Crippen molar-refractivity contribution in [3.63, 3.8) is 0 Å². The maximum absolute atomic E-state index is 12.2. The molecule has 1 aliphatic heterocycles. The molecule has 0 radical (unpaired) electrons. The second-order valence-electron chi connectivity index (χ2n) is 6.22. The van der Waals surface area contributed by atoms with Gasteiger partial charge in [-0.15, -0.1) is 0 Å². The molecule has 2 heterocycles. The van der Waals surface area contributed by atoms with E-state index in [-0.39, 0.29) is 5.56 Å². The van der Waals surface area contributed by atoms with Gasteiger partial charge in [-0.05, 0) is 44.2 Å². The van der Waals surface area contributed by atoms with E-state index < -0.39 is 5.60 Å². The van der Waals surface area contributed by atoms with Gasteiger partial charge in [-0.1, -0.05) is 6.07 Å². The monoisotopic (exact) mass is 296 g/mol. The van der Waals surface area contributed by atoms with Gasteiger partial charge in [0.2, 0.25) is 0 Å². The number of ether oxygens (including phenoxy) is 1. The third kappa shape index (κ3) is 2.52. The highest BCUT2D eigenvalue weighted by Gasteiger charge is 2.28. The van der Waals surface area contributed by atoms with Gasteiger partial charge >= 0.3 is 0 Å². The quantitative estimate of drug-likeness (QED) is 0.854. The Morgan fingerprint density at radius 3 is 2.59 bits per heavy atom. The minimum Gasteiger partial charge on any atom is -0.483 e. The van der Waals surface area contributed by atoms with Crippen LogP contribution in [-0.4, -0.2) is 24.3 Å². The molecule has 1 aromatic heterocycles. The fourth-order valence-electron chi connectivity index (χ4n) is 2.63. The zero-order valence-corrected chi connectivity index (χ0v) is 13.3. The standard InChI is InChI=1S/C18H20N2O2/c1-18(2)12-15(20-10-6-5-7-17(20)21)14-11-13(19(3)4)8-9-16(14)22-18/h5-12H,1-4H3. The number of hydrogen-bond donors (Lipinski definition) is 0. The molecule has 0 bridgehead atoms. The first-order valence-electron chi connectivity index (χ1n) is 7.29. The normalized spacial score (nSPS) is 15.5. The topological polar surface area (TPSA) is 34.5 Å². The van der Waals surface area contributed by atoms with E-state index in [9.17, 15) is 4.79 Å². The lowest BCUT2D eigenvalue weighted by Crippen LogP contribution is -2.32. The number of aromatic nitrogens is 1. The van der Waals surface area contributed by atoms with E-state index in [1.54, 1.807) is 22.9 Å². The smallest absolute Gasteiger partial charge is 0.255 e. The van der Waals surface area contributed by atoms with Crippen molar-refractivity contribution in [2.24, 2.45) is 0 Å². The van der Waals surface area contributed by atoms with Gasteiger partial charge < -0.3 is 9.64 Å². The SMILES string of the molecule is CN(C)c1ccc2c(c1)C(n1ccccc1=O)=CC(C)(C)O2. The Morgan fingerprint density at radius 1 is 1.14 bits per heavy atom. The summed E-state index contributed by atoms with van der Waals surface area (Å²) in [6.07, 6.45) is 3.79. The largest absolute Gasteiger partial charge is 0.483 e. The molecular weight excluding hydrogens is 276 g/mol. The van der Waals surface area contributed by atoms with Crippen molar-refractivity contribution in [3.05, 3.63) is 64.6 Å². The van der Waals surface area contributed by atoms with Crippen LogP contribution in [0.3, 0.4) is 0 Å². The van der Waals surface area contributed by atoms with Crippen LogP contribution in [0.1, 0.15) is 19.4 Å². The molecule has 0 unspecified atom stereocenters. The van der Waals surface area contributed by atoms with E-state index in [1.807, 2.05) is 57.1 Å². The second kappa shape index (κ2) is 5.05. The maximum atomic E-state index is 12.2. The molecule has 2 aromatic rings. The van der Waals surface area contributed by atoms with E-state index in [4.69, 9.17) is 4.74 Å². The number of pyridine rings is 1. The van der Waals surface area contributed by atoms with E-state index in [0.29, 0.717) is 0 Å². The molecule has 0 saturated carbocycles. The molecular formula is C18H20N2O2. The van der Waals surface area contributed by atoms with Crippen molar-refractivity contribution in [3.8, 4) is 5.75 Å². The van der Waals surface area contributed by atoms with Crippen molar-refractivity contribution in [2.45, 2.75) is 19.4 Å². The van der Waals surface area contributed by atoms with Gasteiger partial charge in [0.1, 0.15) is 11.4 Å². The van der Waals surface area contributed by atoms with Crippen molar-refractivity contribution in [2.75, 3.05) is 19.0 Å². The van der Waals surface area contributed by atoms with Crippen molar-refractivity contribution in [1.82, 2.24) is 4.57 Å². The predicted molar refractivity (Wildman–Crippen MR) is 89.6 cm³/mol. The third-order valence-electron chi connectivity index (χ3n) is 3.69. The summed E-state index contributed by atoms with van der Waals surface area (Å²) in [5.41, 5.74) is 2.35. The van der Waals surface area contributed by atoms with Crippen LogP contribution in [-0.2, 0) is 0 Å². The molecule has 0 spiro atoms. The lowest BCUT2D eigenvalue weighted by atomic mass is 9.98. The lowest BCUT2D eigenvalue weighted by molar-refractivity contribution is 0.157. The average Bonchev–Trinajstić information content (AvgIpc) is 2.45. The Balaban J connectivity index is 2.25. The first kappa shape index (κ1) is 14.4. The Bertz CT molecular complexity index is 801. The number of anilines is 1. The van der Waals surface area contributed by atoms with Gasteiger partial charge in [-0.3, -0.25) is 9.36 Å². The molecule has 114 valence electrons. The van der Waals surface area contributed by atoms with Gasteiger partial charge in [0, 0.05) is 37.6 Å². The summed E-state index contributed by atoms with van der Waals surface area (Å²) in [6, 6.07) is 11.2. The predicted octanol–water partition coefficient (Wildman–Crippen LogP) is 2.97. The summed E-state index contributed by atoms with van der Waals surface area (Å²) in [5, 5.41) is 0. The molecule has 1 aliphatic rings. The summed E-state index contributed by atoms with van der Waals surface area (Å²) in [7, 11) is 3.99. The fourth-order valence-corrected chi connectivity index (χ4v) is 2.63. The number of hydrogen-bond acceptors (Lipinski definition) is 3. The van der Waals surface area contributed by atoms with Gasteiger partial charge in [-0.2, -0.15) is 0 Å². The van der Waals surface area contributed by atoms with E-state index >= 15 is 0 Å². The van der Waals surface area contributed by atoms with Gasteiger partial charge in [0.15, 0.2) is 0 Å². The second-order valence-corrected chi connectivity index (χ2v) is 6.22. The zero-order valence-electron chi connectivity index (χ0n) is 13.3. The summed E-state index contributed by atoms with van der Waals surface area (Å²) >= 11 is 0. The molecule has 0 atom stereocenters. The molecule has 0 fully saturated rings. The molecule has 0 amide bonds. The first-order valence-corrected chi connectivity index (χ1v) is 7.29. The fraction of sp³-hybridized carbons (Fsp3) is 0.278. The number of fused-ring (bicyclic) bond motifs is 1. The highest BCUT2D eigenvalue weighted by molar-refractivity contribution is 5.76. The Labute approximate surface area is 130 Å². The molecule has 4 heteroatoms. The molecule has 0 aliphatic carbocycles. The van der Waals surface area contributed by atoms with Crippen LogP contribution in [0.5, 0.6) is 5.75 Å². The number of benzene rings is 1. The van der Waals surface area contributed by atoms with Crippen molar-refractivity contribution < 1.29 is 4.74 Å². The van der Waals surface area contributed by atoms with E-state index in [1.165, 1.54) is 0 Å². The summed E-state index contributed by atoms with van der Waals surface area (Å²) in [5.74, 6) is 0.795. The molecule has 3 rings (SSSR count). The number of nitrogens with zero attached hydrogens (tertiary/aromatic N) is 2. The van der Waals surface area contributed by atoms with Crippen LogP contribution < -0.4 is 15.2 Å². The van der Waals surface area contributed by atoms with Crippen LogP contribution in [0, 0.1) is 0 Å². The average molecular weight is 296 g/mol. The molecule has 1 aromatic carbocycles. The van der Waals surface area contributed by atoms with Crippen LogP contribution in [0.25, 0.3) is 5.70 Å². The first-order chi connectivity index (χ1) is 10.4. The summed E-state index contributed by atoms with van der Waals surface area (Å²) < 4.78 is 7.70. The molecule has 4 nitrogen and oxygen atoms in total. The third-order valence-corrected chi connectivity index (χ3v) is 3.69. The molecule has 0 N–H and O–H groups in total. The summed E-state index contributed by atoms with van der Waals surface area (Å²) in [4.78, 5) is 14.3. The van der Waals surface area contributed by atoms with Crippen LogP contribution >= 0.6 is 0 Å². The molecule has 22 heavy (non-hydrogen) atoms. The van der Waals surface area contributed by atoms with Crippen molar-refractivity contribution in [1.29, 1.82) is 0 Å². The van der Waals surface area contributed by atoms with Gasteiger partial charge in [0.05, 0.1) is 5.70 Å². The highest BCUT2D eigenvalue weighted by atomic mass is 16.5. The minimum atomic E-state index is -0.461. The van der Waals surface area contributed by atoms with E-state index in [2.05, 4.69) is 6.07 Å². The van der Waals surface area contributed by atoms with Crippen LogP contribution in [0.15, 0.2) is 53.5 Å². The van der Waals surface area contributed by atoms with E-state index in [0.717, 1.165) is 22.7 Å². The summed E-state index contributed by atoms with van der Waals surface area (Å²) in [6.45, 7) is 3.98. The van der Waals surface area contributed by atoms with Gasteiger partial charge in [-0.25, -0.2) is 0 Å². The molecule has 0 saturated heterocycles. The van der Waals surface area contributed by atoms with Gasteiger partial charge in [0.25, 0.3) is 5.56 Å². The zero-order chi connectivity index (χ0) is 15.9.